The first-order valence-corrected chi connectivity index (χ1v) is 6.15. The fourth-order valence-electron chi connectivity index (χ4n) is 1.82. The summed E-state index contributed by atoms with van der Waals surface area (Å²) >= 11 is 0. The molecule has 0 bridgehead atoms. The van der Waals surface area contributed by atoms with Crippen LogP contribution in [0.4, 0.5) is 0 Å². The van der Waals surface area contributed by atoms with Gasteiger partial charge in [-0.25, -0.2) is 4.98 Å². The van der Waals surface area contributed by atoms with E-state index in [0.717, 1.165) is 17.6 Å². The summed E-state index contributed by atoms with van der Waals surface area (Å²) in [5.41, 5.74) is 7.63. The molecule has 5 heteroatoms. The van der Waals surface area contributed by atoms with E-state index in [1.807, 2.05) is 35.9 Å². The molecule has 0 aliphatic carbocycles. The standard InChI is InChI=1S/C13H18N4O/c1-2-3-11(14)13(18)16-9-10-4-6-17-7-5-15-12(17)8-10/h4-8,11H,2-3,9,14H2,1H3,(H,16,18). The van der Waals surface area contributed by atoms with Crippen LogP contribution < -0.4 is 11.1 Å². The predicted molar refractivity (Wildman–Crippen MR) is 69.9 cm³/mol. The maximum absolute atomic E-state index is 11.7. The van der Waals surface area contributed by atoms with Gasteiger partial charge < -0.3 is 15.5 Å². The lowest BCUT2D eigenvalue weighted by molar-refractivity contribution is -0.122. The third-order valence-corrected chi connectivity index (χ3v) is 2.87. The fourth-order valence-corrected chi connectivity index (χ4v) is 1.82. The molecule has 1 unspecified atom stereocenters. The minimum atomic E-state index is -0.412. The van der Waals surface area contributed by atoms with Crippen molar-refractivity contribution in [2.24, 2.45) is 5.73 Å². The van der Waals surface area contributed by atoms with Crippen LogP contribution in [0.2, 0.25) is 0 Å². The molecule has 0 aliphatic rings. The molecule has 0 aliphatic heterocycles. The minimum absolute atomic E-state index is 0.0972. The van der Waals surface area contributed by atoms with Crippen molar-refractivity contribution >= 4 is 11.6 Å². The largest absolute Gasteiger partial charge is 0.351 e. The number of carbonyl (C=O) groups is 1. The van der Waals surface area contributed by atoms with Gasteiger partial charge in [-0.3, -0.25) is 4.79 Å². The zero-order chi connectivity index (χ0) is 13.0. The highest BCUT2D eigenvalue weighted by molar-refractivity contribution is 5.81. The van der Waals surface area contributed by atoms with Crippen molar-refractivity contribution < 1.29 is 4.79 Å². The monoisotopic (exact) mass is 246 g/mol. The van der Waals surface area contributed by atoms with Crippen LogP contribution in [0, 0.1) is 0 Å². The molecular weight excluding hydrogens is 228 g/mol. The number of nitrogens with one attached hydrogen (secondary N) is 1. The smallest absolute Gasteiger partial charge is 0.237 e. The number of imidazole rings is 1. The van der Waals surface area contributed by atoms with E-state index >= 15 is 0 Å². The van der Waals surface area contributed by atoms with Gasteiger partial charge >= 0.3 is 0 Å². The molecule has 1 amide bonds. The lowest BCUT2D eigenvalue weighted by Gasteiger charge is -2.11. The first kappa shape index (κ1) is 12.6. The third kappa shape index (κ3) is 2.87. The minimum Gasteiger partial charge on any atom is -0.351 e. The van der Waals surface area contributed by atoms with Crippen LogP contribution >= 0.6 is 0 Å². The van der Waals surface area contributed by atoms with Crippen molar-refractivity contribution in [3.05, 3.63) is 36.3 Å². The summed E-state index contributed by atoms with van der Waals surface area (Å²) < 4.78 is 1.92. The molecule has 0 fully saturated rings. The summed E-state index contributed by atoms with van der Waals surface area (Å²) in [6.45, 7) is 2.50. The van der Waals surface area contributed by atoms with Crippen LogP contribution in [0.3, 0.4) is 0 Å². The van der Waals surface area contributed by atoms with E-state index in [2.05, 4.69) is 10.3 Å². The van der Waals surface area contributed by atoms with E-state index in [9.17, 15) is 4.79 Å². The molecule has 1 atom stereocenters. The quantitative estimate of drug-likeness (QED) is 0.829. The van der Waals surface area contributed by atoms with Gasteiger partial charge in [0.1, 0.15) is 5.65 Å². The molecule has 2 heterocycles. The molecule has 0 saturated carbocycles. The molecule has 2 aromatic rings. The van der Waals surface area contributed by atoms with Crippen molar-refractivity contribution in [3.63, 3.8) is 0 Å². The Bertz CT molecular complexity index is 535. The van der Waals surface area contributed by atoms with Crippen molar-refractivity contribution in [1.29, 1.82) is 0 Å². The summed E-state index contributed by atoms with van der Waals surface area (Å²) in [4.78, 5) is 15.9. The number of nitrogens with two attached hydrogens (primary N) is 1. The van der Waals surface area contributed by atoms with Crippen molar-refractivity contribution in [2.75, 3.05) is 0 Å². The molecule has 2 rings (SSSR count). The Morgan fingerprint density at radius 1 is 1.56 bits per heavy atom. The highest BCUT2D eigenvalue weighted by Crippen LogP contribution is 2.05. The van der Waals surface area contributed by atoms with Crippen LogP contribution in [-0.4, -0.2) is 21.3 Å². The molecular formula is C13H18N4O. The van der Waals surface area contributed by atoms with E-state index in [0.29, 0.717) is 13.0 Å². The number of rotatable bonds is 5. The Balaban J connectivity index is 1.95. The van der Waals surface area contributed by atoms with Gasteiger partial charge in [-0.1, -0.05) is 13.3 Å². The van der Waals surface area contributed by atoms with E-state index in [1.54, 1.807) is 6.20 Å². The summed E-state index contributed by atoms with van der Waals surface area (Å²) in [6.07, 6.45) is 7.18. The second kappa shape index (κ2) is 5.64. The zero-order valence-corrected chi connectivity index (χ0v) is 10.5. The van der Waals surface area contributed by atoms with Gasteiger partial charge in [-0.2, -0.15) is 0 Å². The number of hydrogen-bond acceptors (Lipinski definition) is 3. The molecule has 2 aromatic heterocycles. The Kier molecular flexibility index (Phi) is 3.94. The first-order chi connectivity index (χ1) is 8.70. The Morgan fingerprint density at radius 3 is 3.17 bits per heavy atom. The van der Waals surface area contributed by atoms with Crippen molar-refractivity contribution in [3.8, 4) is 0 Å². The van der Waals surface area contributed by atoms with Gasteiger partial charge in [0.25, 0.3) is 0 Å². The van der Waals surface area contributed by atoms with Crippen LogP contribution in [-0.2, 0) is 11.3 Å². The first-order valence-electron chi connectivity index (χ1n) is 6.15. The normalized spacial score (nSPS) is 12.6. The number of aromatic nitrogens is 2. The SMILES string of the molecule is CCCC(N)C(=O)NCc1ccn2ccnc2c1. The third-order valence-electron chi connectivity index (χ3n) is 2.87. The van der Waals surface area contributed by atoms with Crippen LogP contribution in [0.25, 0.3) is 5.65 Å². The van der Waals surface area contributed by atoms with E-state index in [4.69, 9.17) is 5.73 Å². The van der Waals surface area contributed by atoms with Gasteiger partial charge in [0.05, 0.1) is 6.04 Å². The number of fused-ring (bicyclic) bond motifs is 1. The average molecular weight is 246 g/mol. The Hall–Kier alpha value is -1.88. The van der Waals surface area contributed by atoms with Gasteiger partial charge in [-0.15, -0.1) is 0 Å². The highest BCUT2D eigenvalue weighted by atomic mass is 16.2. The van der Waals surface area contributed by atoms with Gasteiger partial charge in [0.15, 0.2) is 0 Å². The maximum Gasteiger partial charge on any atom is 0.237 e. The molecule has 0 radical (unpaired) electrons. The number of nitrogens with zero attached hydrogens (tertiary/aromatic N) is 2. The zero-order valence-electron chi connectivity index (χ0n) is 10.5. The fraction of sp³-hybridized carbons (Fsp3) is 0.385. The maximum atomic E-state index is 11.7. The molecule has 3 N–H and O–H groups in total. The Labute approximate surface area is 106 Å². The van der Waals surface area contributed by atoms with Gasteiger partial charge in [0, 0.05) is 25.1 Å². The number of amides is 1. The molecule has 96 valence electrons. The number of carbonyl (C=O) groups excluding carboxylic acids is 1. The number of pyridine rings is 1. The molecule has 5 nitrogen and oxygen atoms in total. The molecule has 0 aromatic carbocycles. The lowest BCUT2D eigenvalue weighted by atomic mass is 10.1. The topological polar surface area (TPSA) is 72.4 Å². The highest BCUT2D eigenvalue weighted by Gasteiger charge is 2.11. The average Bonchev–Trinajstić information content (AvgIpc) is 2.83. The second-order valence-electron chi connectivity index (χ2n) is 4.34. The van der Waals surface area contributed by atoms with Crippen molar-refractivity contribution in [1.82, 2.24) is 14.7 Å². The summed E-state index contributed by atoms with van der Waals surface area (Å²) in [6, 6.07) is 3.50. The van der Waals surface area contributed by atoms with Gasteiger partial charge in [0.2, 0.25) is 5.91 Å². The van der Waals surface area contributed by atoms with E-state index < -0.39 is 6.04 Å². The van der Waals surface area contributed by atoms with Crippen molar-refractivity contribution in [2.45, 2.75) is 32.4 Å². The predicted octanol–water partition coefficient (Wildman–Crippen LogP) is 1.08. The second-order valence-corrected chi connectivity index (χ2v) is 4.34. The molecule has 18 heavy (non-hydrogen) atoms. The van der Waals surface area contributed by atoms with E-state index in [1.165, 1.54) is 0 Å². The summed E-state index contributed by atoms with van der Waals surface area (Å²) in [5, 5.41) is 2.84. The Morgan fingerprint density at radius 2 is 2.39 bits per heavy atom. The van der Waals surface area contributed by atoms with Crippen LogP contribution in [0.15, 0.2) is 30.7 Å². The van der Waals surface area contributed by atoms with Crippen LogP contribution in [0.5, 0.6) is 0 Å². The van der Waals surface area contributed by atoms with E-state index in [-0.39, 0.29) is 5.91 Å². The molecule has 0 saturated heterocycles. The summed E-state index contributed by atoms with van der Waals surface area (Å²) in [5.74, 6) is -0.0972. The lowest BCUT2D eigenvalue weighted by Crippen LogP contribution is -2.40. The molecule has 0 spiro atoms. The number of hydrogen-bond donors (Lipinski definition) is 2. The van der Waals surface area contributed by atoms with Gasteiger partial charge in [-0.05, 0) is 24.1 Å². The summed E-state index contributed by atoms with van der Waals surface area (Å²) in [7, 11) is 0. The van der Waals surface area contributed by atoms with Crippen LogP contribution in [0.1, 0.15) is 25.3 Å².